The van der Waals surface area contributed by atoms with E-state index < -0.39 is 0 Å². The molecule has 1 amide bonds. The third kappa shape index (κ3) is 6.14. The molecular weight excluding hydrogens is 381 g/mol. The molecule has 2 aromatic rings. The highest BCUT2D eigenvalue weighted by atomic mass is 127. The Morgan fingerprint density at radius 1 is 1.05 bits per heavy atom. The van der Waals surface area contributed by atoms with E-state index in [9.17, 15) is 4.79 Å². The number of amides is 1. The van der Waals surface area contributed by atoms with Gasteiger partial charge in [0.05, 0.1) is 6.61 Å². The zero-order valence-electron chi connectivity index (χ0n) is 11.4. The van der Waals surface area contributed by atoms with Crippen LogP contribution in [-0.4, -0.2) is 25.7 Å². The molecule has 0 saturated carbocycles. The number of hydrogen-bond acceptors (Lipinski definition) is 3. The van der Waals surface area contributed by atoms with Crippen molar-refractivity contribution in [3.05, 3.63) is 58.2 Å². The van der Waals surface area contributed by atoms with Crippen LogP contribution in [0.4, 0.5) is 5.69 Å². The van der Waals surface area contributed by atoms with E-state index >= 15 is 0 Å². The molecule has 0 heterocycles. The van der Waals surface area contributed by atoms with E-state index in [1.54, 1.807) is 0 Å². The summed E-state index contributed by atoms with van der Waals surface area (Å²) in [6.45, 7) is 0.804. The molecule has 0 aliphatic carbocycles. The zero-order chi connectivity index (χ0) is 14.9. The van der Waals surface area contributed by atoms with E-state index in [4.69, 9.17) is 9.47 Å². The van der Waals surface area contributed by atoms with Gasteiger partial charge in [0.25, 0.3) is 0 Å². The molecule has 2 rings (SSSR count). The molecule has 21 heavy (non-hydrogen) atoms. The van der Waals surface area contributed by atoms with Gasteiger partial charge in [0.15, 0.2) is 0 Å². The summed E-state index contributed by atoms with van der Waals surface area (Å²) in [6.07, 6.45) is 0. The monoisotopic (exact) mass is 397 g/mol. The number of halogens is 1. The largest absolute Gasteiger partial charge is 0.491 e. The Labute approximate surface area is 137 Å². The van der Waals surface area contributed by atoms with Crippen LogP contribution in [-0.2, 0) is 9.53 Å². The number of anilines is 1. The molecule has 1 N–H and O–H groups in total. The number of carbonyl (C=O) groups excluding carboxylic acids is 1. The van der Waals surface area contributed by atoms with Gasteiger partial charge in [-0.1, -0.05) is 24.3 Å². The average molecular weight is 397 g/mol. The van der Waals surface area contributed by atoms with Crippen LogP contribution < -0.4 is 10.1 Å². The fourth-order valence-electron chi connectivity index (χ4n) is 1.66. The van der Waals surface area contributed by atoms with Crippen molar-refractivity contribution >= 4 is 34.2 Å². The highest BCUT2D eigenvalue weighted by Gasteiger charge is 2.02. The van der Waals surface area contributed by atoms with Crippen LogP contribution in [0, 0.1) is 3.57 Å². The summed E-state index contributed by atoms with van der Waals surface area (Å²) in [5.41, 5.74) is 0.774. The van der Waals surface area contributed by atoms with Gasteiger partial charge >= 0.3 is 0 Å². The zero-order valence-corrected chi connectivity index (χ0v) is 13.6. The average Bonchev–Trinajstić information content (AvgIpc) is 2.48. The van der Waals surface area contributed by atoms with E-state index in [2.05, 4.69) is 27.9 Å². The molecule has 0 fully saturated rings. The Bertz CT molecular complexity index is 575. The van der Waals surface area contributed by atoms with Gasteiger partial charge in [-0.15, -0.1) is 0 Å². The molecule has 0 spiro atoms. The second-order valence-electron chi connectivity index (χ2n) is 4.27. The molecular formula is C16H16INO3. The van der Waals surface area contributed by atoms with E-state index in [0.717, 1.165) is 15.0 Å². The number of carbonyl (C=O) groups is 1. The maximum absolute atomic E-state index is 11.7. The van der Waals surface area contributed by atoms with Gasteiger partial charge in [-0.25, -0.2) is 0 Å². The smallest absolute Gasteiger partial charge is 0.250 e. The van der Waals surface area contributed by atoms with Gasteiger partial charge in [-0.2, -0.15) is 0 Å². The van der Waals surface area contributed by atoms with Crippen LogP contribution >= 0.6 is 22.6 Å². The number of benzene rings is 2. The molecule has 0 atom stereocenters. The van der Waals surface area contributed by atoms with Gasteiger partial charge in [0.1, 0.15) is 19.0 Å². The summed E-state index contributed by atoms with van der Waals surface area (Å²) >= 11 is 2.20. The molecule has 0 aromatic heterocycles. The van der Waals surface area contributed by atoms with Crippen molar-refractivity contribution in [2.45, 2.75) is 0 Å². The molecule has 0 aliphatic rings. The first kappa shape index (κ1) is 15.8. The lowest BCUT2D eigenvalue weighted by Crippen LogP contribution is -2.20. The molecule has 4 nitrogen and oxygen atoms in total. The summed E-state index contributed by atoms with van der Waals surface area (Å²) in [6, 6.07) is 17.1. The minimum absolute atomic E-state index is 0.0175. The van der Waals surface area contributed by atoms with Crippen molar-refractivity contribution in [3.63, 3.8) is 0 Å². The second-order valence-corrected chi connectivity index (χ2v) is 5.52. The van der Waals surface area contributed by atoms with Crippen LogP contribution in [0.1, 0.15) is 0 Å². The minimum atomic E-state index is -0.170. The van der Waals surface area contributed by atoms with Gasteiger partial charge in [0, 0.05) is 9.26 Å². The standard InChI is InChI=1S/C16H16INO3/c17-13-5-4-6-14(11-13)18-16(19)12-20-9-10-21-15-7-2-1-3-8-15/h1-8,11H,9-10,12H2,(H,18,19). The minimum Gasteiger partial charge on any atom is -0.491 e. The number of ether oxygens (including phenoxy) is 2. The molecule has 0 radical (unpaired) electrons. The Morgan fingerprint density at radius 3 is 2.62 bits per heavy atom. The van der Waals surface area contributed by atoms with Crippen molar-refractivity contribution in [1.29, 1.82) is 0 Å². The first-order chi connectivity index (χ1) is 10.2. The van der Waals surface area contributed by atoms with Crippen molar-refractivity contribution in [3.8, 4) is 5.75 Å². The third-order valence-corrected chi connectivity index (χ3v) is 3.25. The number of nitrogens with one attached hydrogen (secondary N) is 1. The van der Waals surface area contributed by atoms with Crippen LogP contribution in [0.3, 0.4) is 0 Å². The Morgan fingerprint density at radius 2 is 1.86 bits per heavy atom. The highest BCUT2D eigenvalue weighted by Crippen LogP contribution is 2.12. The summed E-state index contributed by atoms with van der Waals surface area (Å²) in [4.78, 5) is 11.7. The van der Waals surface area contributed by atoms with Crippen molar-refractivity contribution in [2.75, 3.05) is 25.1 Å². The Kier molecular flexibility index (Phi) is 6.49. The molecule has 0 aliphatic heterocycles. The quantitative estimate of drug-likeness (QED) is 0.576. The SMILES string of the molecule is O=C(COCCOc1ccccc1)Nc1cccc(I)c1. The summed E-state index contributed by atoms with van der Waals surface area (Å²) in [5, 5.41) is 2.78. The van der Waals surface area contributed by atoms with Crippen molar-refractivity contribution < 1.29 is 14.3 Å². The lowest BCUT2D eigenvalue weighted by Gasteiger charge is -2.08. The van der Waals surface area contributed by atoms with E-state index in [-0.39, 0.29) is 12.5 Å². The lowest BCUT2D eigenvalue weighted by molar-refractivity contribution is -0.120. The molecule has 5 heteroatoms. The predicted octanol–water partition coefficient (Wildman–Crippen LogP) is 3.33. The van der Waals surface area contributed by atoms with Crippen LogP contribution in [0.25, 0.3) is 0 Å². The summed E-state index contributed by atoms with van der Waals surface area (Å²) in [7, 11) is 0. The van der Waals surface area contributed by atoms with Gasteiger partial charge in [-0.3, -0.25) is 4.79 Å². The second kappa shape index (κ2) is 8.63. The maximum Gasteiger partial charge on any atom is 0.250 e. The van der Waals surface area contributed by atoms with Crippen LogP contribution in [0.5, 0.6) is 5.75 Å². The number of rotatable bonds is 7. The lowest BCUT2D eigenvalue weighted by atomic mass is 10.3. The van der Waals surface area contributed by atoms with Gasteiger partial charge < -0.3 is 14.8 Å². The van der Waals surface area contributed by atoms with E-state index in [1.165, 1.54) is 0 Å². The topological polar surface area (TPSA) is 47.6 Å². The molecule has 2 aromatic carbocycles. The molecule has 0 bridgehead atoms. The van der Waals surface area contributed by atoms with E-state index in [0.29, 0.717) is 13.2 Å². The van der Waals surface area contributed by atoms with Crippen molar-refractivity contribution in [1.82, 2.24) is 0 Å². The maximum atomic E-state index is 11.7. The summed E-state index contributed by atoms with van der Waals surface area (Å²) in [5.74, 6) is 0.626. The van der Waals surface area contributed by atoms with E-state index in [1.807, 2.05) is 54.6 Å². The highest BCUT2D eigenvalue weighted by molar-refractivity contribution is 14.1. The molecule has 110 valence electrons. The Hall–Kier alpha value is -1.60. The molecule has 0 saturated heterocycles. The van der Waals surface area contributed by atoms with Crippen molar-refractivity contribution in [2.24, 2.45) is 0 Å². The van der Waals surface area contributed by atoms with Gasteiger partial charge in [-0.05, 0) is 52.9 Å². The number of para-hydroxylation sites is 1. The predicted molar refractivity (Wildman–Crippen MR) is 90.5 cm³/mol. The third-order valence-electron chi connectivity index (χ3n) is 2.58. The number of hydrogen-bond donors (Lipinski definition) is 1. The molecule has 0 unspecified atom stereocenters. The summed E-state index contributed by atoms with van der Waals surface area (Å²) < 4.78 is 11.8. The first-order valence-electron chi connectivity index (χ1n) is 6.55. The van der Waals surface area contributed by atoms with Gasteiger partial charge in [0.2, 0.25) is 5.91 Å². The fourth-order valence-corrected chi connectivity index (χ4v) is 2.21. The van der Waals surface area contributed by atoms with Crippen LogP contribution in [0.2, 0.25) is 0 Å². The Balaban J connectivity index is 1.61. The fraction of sp³-hybridized carbons (Fsp3) is 0.188. The normalized spacial score (nSPS) is 10.1. The van der Waals surface area contributed by atoms with Crippen LogP contribution in [0.15, 0.2) is 54.6 Å². The first-order valence-corrected chi connectivity index (χ1v) is 7.63.